The molecule has 0 spiro atoms. The maximum Gasteiger partial charge on any atom is 0.261 e. The van der Waals surface area contributed by atoms with Crippen molar-refractivity contribution in [2.75, 3.05) is 23.7 Å². The number of carbonyl (C=O) groups is 1. The summed E-state index contributed by atoms with van der Waals surface area (Å²) in [6, 6.07) is 9.85. The quantitative estimate of drug-likeness (QED) is 0.291. The Balaban J connectivity index is 1.21. The number of aromatic nitrogens is 3. The number of benzene rings is 1. The molecule has 3 N–H and O–H groups in total. The van der Waals surface area contributed by atoms with E-state index in [0.717, 1.165) is 39.9 Å². The topological polar surface area (TPSA) is 91.8 Å². The molecule has 1 aliphatic carbocycles. The highest BCUT2D eigenvalue weighted by Gasteiger charge is 2.27. The van der Waals surface area contributed by atoms with Gasteiger partial charge in [-0.15, -0.1) is 22.7 Å². The fourth-order valence-corrected chi connectivity index (χ4v) is 4.98. The molecule has 0 saturated heterocycles. The van der Waals surface area contributed by atoms with Gasteiger partial charge in [0.25, 0.3) is 5.91 Å². The number of nitrogens with one attached hydrogen (secondary N) is 3. The summed E-state index contributed by atoms with van der Waals surface area (Å²) in [7, 11) is 0. The molecule has 0 radical (unpaired) electrons. The van der Waals surface area contributed by atoms with Gasteiger partial charge >= 0.3 is 0 Å². The van der Waals surface area contributed by atoms with Crippen molar-refractivity contribution in [1.29, 1.82) is 0 Å². The number of amides is 1. The highest BCUT2D eigenvalue weighted by atomic mass is 32.1. The second-order valence-corrected chi connectivity index (χ2v) is 10.0. The van der Waals surface area contributed by atoms with Crippen LogP contribution < -0.4 is 16.0 Å². The largest absolute Gasteiger partial charge is 0.370 e. The number of anilines is 3. The van der Waals surface area contributed by atoms with Gasteiger partial charge in [0.15, 0.2) is 0 Å². The minimum absolute atomic E-state index is 0.0144. The van der Waals surface area contributed by atoms with Crippen LogP contribution in [0.2, 0.25) is 0 Å². The molecule has 1 saturated carbocycles. The lowest BCUT2D eigenvalue weighted by atomic mass is 10.2. The number of carbonyl (C=O) groups excluding carboxylic acids is 1. The standard InChI is InChI=1S/C23H24N6OS2/c1-14-27-18-12-16(7-8-19(18)32-14)28-23-26-13-17(15-5-6-15)21(29-23)24-9-3-10-25-22(30)20-4-2-11-31-20/h2,4,7-8,11-13,15H,3,5-6,9-10H2,1H3,(H,25,30)(H2,24,26,28,29). The normalized spacial score (nSPS) is 13.3. The van der Waals surface area contributed by atoms with E-state index in [1.165, 1.54) is 34.4 Å². The van der Waals surface area contributed by atoms with E-state index < -0.39 is 0 Å². The number of thiazole rings is 1. The molecule has 5 rings (SSSR count). The third-order valence-corrected chi connectivity index (χ3v) is 7.08. The van der Waals surface area contributed by atoms with Crippen molar-refractivity contribution in [3.8, 4) is 0 Å². The molecule has 0 aliphatic heterocycles. The van der Waals surface area contributed by atoms with E-state index in [9.17, 15) is 4.79 Å². The number of fused-ring (bicyclic) bond motifs is 1. The average Bonchev–Trinajstić information content (AvgIpc) is 3.33. The van der Waals surface area contributed by atoms with Gasteiger partial charge in [0.2, 0.25) is 5.95 Å². The molecule has 9 heteroatoms. The van der Waals surface area contributed by atoms with Crippen LogP contribution in [0.3, 0.4) is 0 Å². The van der Waals surface area contributed by atoms with Gasteiger partial charge in [0.05, 0.1) is 20.1 Å². The van der Waals surface area contributed by atoms with Crippen molar-refractivity contribution in [2.24, 2.45) is 0 Å². The van der Waals surface area contributed by atoms with Crippen LogP contribution in [0, 0.1) is 6.92 Å². The Bertz CT molecular complexity index is 1230. The molecule has 0 bridgehead atoms. The van der Waals surface area contributed by atoms with Crippen LogP contribution in [0.1, 0.15) is 45.4 Å². The number of hydrogen-bond acceptors (Lipinski definition) is 8. The first-order valence-corrected chi connectivity index (χ1v) is 12.4. The lowest BCUT2D eigenvalue weighted by Gasteiger charge is -2.13. The molecule has 32 heavy (non-hydrogen) atoms. The summed E-state index contributed by atoms with van der Waals surface area (Å²) >= 11 is 3.14. The number of hydrogen-bond donors (Lipinski definition) is 3. The third kappa shape index (κ3) is 4.89. The lowest BCUT2D eigenvalue weighted by Crippen LogP contribution is -2.25. The van der Waals surface area contributed by atoms with Crippen molar-refractivity contribution in [1.82, 2.24) is 20.3 Å². The smallest absolute Gasteiger partial charge is 0.261 e. The number of aryl methyl sites for hydroxylation is 1. The molecule has 164 valence electrons. The monoisotopic (exact) mass is 464 g/mol. The van der Waals surface area contributed by atoms with Gasteiger partial charge in [-0.2, -0.15) is 4.98 Å². The summed E-state index contributed by atoms with van der Waals surface area (Å²) in [5.41, 5.74) is 3.07. The first kappa shape index (κ1) is 20.8. The van der Waals surface area contributed by atoms with Crippen LogP contribution in [0.4, 0.5) is 17.5 Å². The summed E-state index contributed by atoms with van der Waals surface area (Å²) in [6.07, 6.45) is 5.11. The highest BCUT2D eigenvalue weighted by molar-refractivity contribution is 7.18. The fraction of sp³-hybridized carbons (Fsp3) is 0.304. The molecule has 1 amide bonds. The zero-order chi connectivity index (χ0) is 21.9. The molecule has 7 nitrogen and oxygen atoms in total. The van der Waals surface area contributed by atoms with E-state index in [-0.39, 0.29) is 5.91 Å². The summed E-state index contributed by atoms with van der Waals surface area (Å²) in [4.78, 5) is 26.6. The molecular weight excluding hydrogens is 440 g/mol. The van der Waals surface area contributed by atoms with Gasteiger partial charge in [-0.1, -0.05) is 6.07 Å². The van der Waals surface area contributed by atoms with Gasteiger partial charge in [0.1, 0.15) is 5.82 Å². The van der Waals surface area contributed by atoms with E-state index in [1.54, 1.807) is 11.3 Å². The van der Waals surface area contributed by atoms with Crippen molar-refractivity contribution in [3.05, 3.63) is 57.4 Å². The maximum absolute atomic E-state index is 12.0. The molecular formula is C23H24N6OS2. The van der Waals surface area contributed by atoms with Crippen LogP contribution >= 0.6 is 22.7 Å². The molecule has 1 fully saturated rings. The molecule has 0 unspecified atom stereocenters. The Morgan fingerprint density at radius 1 is 1.19 bits per heavy atom. The van der Waals surface area contributed by atoms with E-state index in [0.29, 0.717) is 18.4 Å². The van der Waals surface area contributed by atoms with Gasteiger partial charge < -0.3 is 16.0 Å². The predicted molar refractivity (Wildman–Crippen MR) is 131 cm³/mol. The second-order valence-electron chi connectivity index (χ2n) is 7.83. The van der Waals surface area contributed by atoms with Crippen LogP contribution in [0.15, 0.2) is 41.9 Å². The lowest BCUT2D eigenvalue weighted by molar-refractivity contribution is 0.0957. The summed E-state index contributed by atoms with van der Waals surface area (Å²) in [6.45, 7) is 3.36. The number of rotatable bonds is 9. The van der Waals surface area contributed by atoms with Crippen molar-refractivity contribution in [2.45, 2.75) is 32.1 Å². The van der Waals surface area contributed by atoms with Crippen LogP contribution in [0.25, 0.3) is 10.2 Å². The predicted octanol–water partition coefficient (Wildman–Crippen LogP) is 5.31. The Hall–Kier alpha value is -3.04. The Morgan fingerprint density at radius 2 is 2.09 bits per heavy atom. The fourth-order valence-electron chi connectivity index (χ4n) is 3.53. The van der Waals surface area contributed by atoms with E-state index in [4.69, 9.17) is 4.98 Å². The van der Waals surface area contributed by atoms with Gasteiger partial charge in [-0.05, 0) is 61.7 Å². The summed E-state index contributed by atoms with van der Waals surface area (Å²) < 4.78 is 1.17. The van der Waals surface area contributed by atoms with Gasteiger partial charge in [-0.3, -0.25) is 4.79 Å². The van der Waals surface area contributed by atoms with Crippen molar-refractivity contribution < 1.29 is 4.79 Å². The molecule has 3 aromatic heterocycles. The molecule has 4 aromatic rings. The third-order valence-electron chi connectivity index (χ3n) is 5.26. The zero-order valence-electron chi connectivity index (χ0n) is 17.7. The number of thiophene rings is 1. The zero-order valence-corrected chi connectivity index (χ0v) is 19.4. The van der Waals surface area contributed by atoms with Crippen LogP contribution in [-0.2, 0) is 0 Å². The van der Waals surface area contributed by atoms with E-state index in [1.807, 2.05) is 42.8 Å². The minimum Gasteiger partial charge on any atom is -0.370 e. The Labute approximate surface area is 194 Å². The SMILES string of the molecule is Cc1nc2cc(Nc3ncc(C4CC4)c(NCCCNC(=O)c4cccs4)n3)ccc2s1. The van der Waals surface area contributed by atoms with Crippen LogP contribution in [-0.4, -0.2) is 33.9 Å². The number of nitrogens with zero attached hydrogens (tertiary/aromatic N) is 3. The summed E-state index contributed by atoms with van der Waals surface area (Å²) in [5.74, 6) is 1.97. The maximum atomic E-state index is 12.0. The molecule has 3 heterocycles. The average molecular weight is 465 g/mol. The van der Waals surface area contributed by atoms with Gasteiger partial charge in [0, 0.05) is 30.5 Å². The molecule has 0 atom stereocenters. The minimum atomic E-state index is -0.0144. The van der Waals surface area contributed by atoms with E-state index >= 15 is 0 Å². The van der Waals surface area contributed by atoms with Crippen molar-refractivity contribution >= 4 is 56.3 Å². The Morgan fingerprint density at radius 3 is 2.91 bits per heavy atom. The molecule has 1 aliphatic rings. The molecule has 1 aromatic carbocycles. The Kier molecular flexibility index (Phi) is 6.00. The first-order chi connectivity index (χ1) is 15.7. The van der Waals surface area contributed by atoms with E-state index in [2.05, 4.69) is 32.0 Å². The highest BCUT2D eigenvalue weighted by Crippen LogP contribution is 2.42. The van der Waals surface area contributed by atoms with Crippen LogP contribution in [0.5, 0.6) is 0 Å². The van der Waals surface area contributed by atoms with Gasteiger partial charge in [-0.25, -0.2) is 9.97 Å². The first-order valence-electron chi connectivity index (χ1n) is 10.7. The summed E-state index contributed by atoms with van der Waals surface area (Å²) in [5, 5.41) is 12.7. The second kappa shape index (κ2) is 9.22. The van der Waals surface area contributed by atoms with Crippen molar-refractivity contribution in [3.63, 3.8) is 0 Å².